The zero-order chi connectivity index (χ0) is 24.7. The predicted molar refractivity (Wildman–Crippen MR) is 120 cm³/mol. The average Bonchev–Trinajstić information content (AvgIpc) is 3.26. The van der Waals surface area contributed by atoms with E-state index in [9.17, 15) is 23.2 Å². The van der Waals surface area contributed by atoms with Crippen LogP contribution < -0.4 is 5.32 Å². The molecule has 0 spiro atoms. The predicted octanol–water partition coefficient (Wildman–Crippen LogP) is 3.87. The first-order chi connectivity index (χ1) is 16.0. The Morgan fingerprint density at radius 3 is 2.18 bits per heavy atom. The number of nitrogens with one attached hydrogen (secondary N) is 1. The van der Waals surface area contributed by atoms with Gasteiger partial charge >= 0.3 is 12.1 Å². The molecule has 1 saturated heterocycles. The van der Waals surface area contributed by atoms with Crippen LogP contribution in [0.2, 0.25) is 0 Å². The summed E-state index contributed by atoms with van der Waals surface area (Å²) in [5, 5.41) is 11.6. The number of alkyl halides is 2. The number of ether oxygens (including phenoxy) is 1. The second-order valence-electron chi connectivity index (χ2n) is 9.44. The monoisotopic (exact) mass is 472 g/mol. The molecule has 7 nitrogen and oxygen atoms in total. The molecule has 2 aliphatic rings. The van der Waals surface area contributed by atoms with E-state index in [1.165, 1.54) is 0 Å². The minimum atomic E-state index is -3.49. The lowest BCUT2D eigenvalue weighted by atomic mass is 9.98. The van der Waals surface area contributed by atoms with E-state index in [1.54, 1.807) is 13.8 Å². The number of likely N-dealkylation sites (tertiary alicyclic amines) is 1. The number of rotatable bonds is 6. The number of fused-ring (bicyclic) bond motifs is 3. The van der Waals surface area contributed by atoms with E-state index in [2.05, 4.69) is 5.32 Å². The first kappa shape index (κ1) is 23.7. The second-order valence-corrected chi connectivity index (χ2v) is 9.44. The molecule has 180 valence electrons. The van der Waals surface area contributed by atoms with Crippen LogP contribution in [0.15, 0.2) is 48.5 Å². The molecule has 1 atom stereocenters. The van der Waals surface area contributed by atoms with Crippen LogP contribution in [0.4, 0.5) is 13.6 Å². The third kappa shape index (κ3) is 4.60. The number of benzene rings is 2. The molecule has 2 N–H and O–H groups in total. The molecule has 0 aromatic heterocycles. The van der Waals surface area contributed by atoms with Crippen molar-refractivity contribution in [2.75, 3.05) is 19.7 Å². The smallest absolute Gasteiger partial charge is 0.407 e. The normalized spacial score (nSPS) is 18.8. The molecule has 1 heterocycles. The molecule has 1 aliphatic carbocycles. The lowest BCUT2D eigenvalue weighted by Crippen LogP contribution is -2.48. The quantitative estimate of drug-likeness (QED) is 0.666. The molecule has 1 aliphatic heterocycles. The zero-order valence-corrected chi connectivity index (χ0v) is 18.9. The number of nitrogens with zero attached hydrogens (tertiary/aromatic N) is 1. The first-order valence-corrected chi connectivity index (χ1v) is 11.0. The Morgan fingerprint density at radius 2 is 1.65 bits per heavy atom. The number of carboxylic acid groups (broad SMARTS) is 1. The van der Waals surface area contributed by atoms with Crippen molar-refractivity contribution in [3.63, 3.8) is 0 Å². The van der Waals surface area contributed by atoms with Crippen LogP contribution in [0.1, 0.15) is 37.3 Å². The Kier molecular flexibility index (Phi) is 6.05. The highest BCUT2D eigenvalue weighted by Crippen LogP contribution is 2.44. The third-order valence-electron chi connectivity index (χ3n) is 6.34. The van der Waals surface area contributed by atoms with Gasteiger partial charge < -0.3 is 20.1 Å². The highest BCUT2D eigenvalue weighted by Gasteiger charge is 2.53. The Hall–Kier alpha value is -3.49. The van der Waals surface area contributed by atoms with Crippen LogP contribution in [0.5, 0.6) is 0 Å². The topological polar surface area (TPSA) is 95.9 Å². The van der Waals surface area contributed by atoms with Crippen molar-refractivity contribution in [3.8, 4) is 11.1 Å². The summed E-state index contributed by atoms with van der Waals surface area (Å²) < 4.78 is 33.3. The molecule has 0 bridgehead atoms. The van der Waals surface area contributed by atoms with Crippen molar-refractivity contribution in [2.45, 2.75) is 37.6 Å². The molecule has 4 rings (SSSR count). The van der Waals surface area contributed by atoms with Gasteiger partial charge in [0.15, 0.2) is 0 Å². The molecule has 0 saturated carbocycles. The Labute approximate surface area is 195 Å². The summed E-state index contributed by atoms with van der Waals surface area (Å²) in [6, 6.07) is 15.8. The van der Waals surface area contributed by atoms with E-state index >= 15 is 0 Å². The summed E-state index contributed by atoms with van der Waals surface area (Å²) in [6.45, 7) is 1.74. The van der Waals surface area contributed by atoms with E-state index in [-0.39, 0.29) is 18.9 Å². The van der Waals surface area contributed by atoms with Gasteiger partial charge in [0, 0.05) is 24.4 Å². The number of hydrogen-bond acceptors (Lipinski definition) is 4. The van der Waals surface area contributed by atoms with E-state index < -0.39 is 48.4 Å². The number of halogens is 2. The van der Waals surface area contributed by atoms with Crippen LogP contribution in [0.25, 0.3) is 11.1 Å². The molecule has 9 heteroatoms. The van der Waals surface area contributed by atoms with Gasteiger partial charge in [-0.3, -0.25) is 9.59 Å². The van der Waals surface area contributed by atoms with Gasteiger partial charge in [0.25, 0.3) is 5.92 Å². The van der Waals surface area contributed by atoms with Crippen LogP contribution in [-0.4, -0.2) is 59.1 Å². The van der Waals surface area contributed by atoms with Crippen LogP contribution in [-0.2, 0) is 14.3 Å². The van der Waals surface area contributed by atoms with Gasteiger partial charge in [-0.1, -0.05) is 48.5 Å². The maximum atomic E-state index is 13.9. The zero-order valence-electron chi connectivity index (χ0n) is 18.9. The minimum absolute atomic E-state index is 0.0997. The molecule has 2 amide bonds. The van der Waals surface area contributed by atoms with Gasteiger partial charge in [0.2, 0.25) is 5.91 Å². The summed E-state index contributed by atoms with van der Waals surface area (Å²) in [5.41, 5.74) is 3.24. The van der Waals surface area contributed by atoms with E-state index in [0.29, 0.717) is 0 Å². The lowest BCUT2D eigenvalue weighted by Gasteiger charge is -2.28. The van der Waals surface area contributed by atoms with E-state index in [0.717, 1.165) is 27.2 Å². The third-order valence-corrected chi connectivity index (χ3v) is 6.34. The fourth-order valence-electron chi connectivity index (χ4n) is 4.68. The Balaban J connectivity index is 1.35. The summed E-state index contributed by atoms with van der Waals surface area (Å²) >= 11 is 0. The fraction of sp³-hybridized carbons (Fsp3) is 0.400. The fourth-order valence-corrected chi connectivity index (χ4v) is 4.68. The van der Waals surface area contributed by atoms with Gasteiger partial charge in [-0.2, -0.15) is 0 Å². The van der Waals surface area contributed by atoms with Gasteiger partial charge in [0.05, 0.1) is 6.54 Å². The standard InChI is InChI=1S/C25H26F2N2O5/c1-24(2,11-21(30)29-12-20(22(31)32)25(26,27)14-29)28-23(33)34-13-19-17-9-5-3-7-15(17)16-8-4-6-10-18(16)19/h3-10,19-20H,11-14H2,1-2H3,(H,28,33)(H,31,32). The minimum Gasteiger partial charge on any atom is -0.481 e. The van der Waals surface area contributed by atoms with Gasteiger partial charge in [-0.15, -0.1) is 0 Å². The average molecular weight is 472 g/mol. The van der Waals surface area contributed by atoms with Crippen LogP contribution >= 0.6 is 0 Å². The van der Waals surface area contributed by atoms with E-state index in [1.807, 2.05) is 48.5 Å². The van der Waals surface area contributed by atoms with Crippen molar-refractivity contribution < 1.29 is 33.0 Å². The van der Waals surface area contributed by atoms with Crippen molar-refractivity contribution >= 4 is 18.0 Å². The van der Waals surface area contributed by atoms with Crippen LogP contribution in [0, 0.1) is 5.92 Å². The van der Waals surface area contributed by atoms with Crippen molar-refractivity contribution in [2.24, 2.45) is 5.92 Å². The highest BCUT2D eigenvalue weighted by atomic mass is 19.3. The van der Waals surface area contributed by atoms with Crippen molar-refractivity contribution in [1.82, 2.24) is 10.2 Å². The molecular formula is C25H26F2N2O5. The molecule has 2 aromatic rings. The number of hydrogen-bond donors (Lipinski definition) is 2. The van der Waals surface area contributed by atoms with Crippen LogP contribution in [0.3, 0.4) is 0 Å². The van der Waals surface area contributed by atoms with Crippen molar-refractivity contribution in [1.29, 1.82) is 0 Å². The number of carbonyl (C=O) groups excluding carboxylic acids is 2. The number of carbonyl (C=O) groups is 3. The molecule has 2 aromatic carbocycles. The number of amides is 2. The maximum Gasteiger partial charge on any atom is 0.407 e. The largest absolute Gasteiger partial charge is 0.481 e. The second kappa shape index (κ2) is 8.70. The Bertz CT molecular complexity index is 1090. The molecule has 1 unspecified atom stereocenters. The summed E-state index contributed by atoms with van der Waals surface area (Å²) in [7, 11) is 0. The Morgan fingerprint density at radius 1 is 1.09 bits per heavy atom. The molecular weight excluding hydrogens is 446 g/mol. The number of carboxylic acids is 1. The number of aliphatic carboxylic acids is 1. The maximum absolute atomic E-state index is 13.9. The number of alkyl carbamates (subject to hydrolysis) is 1. The van der Waals surface area contributed by atoms with Gasteiger partial charge in [-0.05, 0) is 36.1 Å². The SMILES string of the molecule is CC(C)(CC(=O)N1CC(C(=O)O)C(F)(F)C1)NC(=O)OCC1c2ccccc2-c2ccccc21. The van der Waals surface area contributed by atoms with Crippen molar-refractivity contribution in [3.05, 3.63) is 59.7 Å². The summed E-state index contributed by atoms with van der Waals surface area (Å²) in [5.74, 6) is -7.85. The first-order valence-electron chi connectivity index (χ1n) is 11.0. The molecule has 1 fully saturated rings. The van der Waals surface area contributed by atoms with Gasteiger partial charge in [0.1, 0.15) is 12.5 Å². The van der Waals surface area contributed by atoms with E-state index in [4.69, 9.17) is 9.84 Å². The van der Waals surface area contributed by atoms with Gasteiger partial charge in [-0.25, -0.2) is 13.6 Å². The lowest BCUT2D eigenvalue weighted by molar-refractivity contribution is -0.151. The molecule has 34 heavy (non-hydrogen) atoms. The summed E-state index contributed by atoms with van der Waals surface area (Å²) in [4.78, 5) is 37.0. The highest BCUT2D eigenvalue weighted by molar-refractivity contribution is 5.81. The summed E-state index contributed by atoms with van der Waals surface area (Å²) in [6.07, 6.45) is -1.01. The molecule has 0 radical (unpaired) electrons.